The SMILES string of the molecule is CN(C(=O)OC(C)(C)C)c1ncccc1C1CCCCN1. The number of carbonyl (C=O) groups excluding carboxylic acids is 1. The zero-order chi connectivity index (χ0) is 15.5. The van der Waals surface area contributed by atoms with Gasteiger partial charge in [-0.1, -0.05) is 12.5 Å². The van der Waals surface area contributed by atoms with E-state index in [1.165, 1.54) is 17.7 Å². The van der Waals surface area contributed by atoms with Crippen molar-refractivity contribution in [1.82, 2.24) is 10.3 Å². The third-order valence-electron chi connectivity index (χ3n) is 3.49. The van der Waals surface area contributed by atoms with E-state index < -0.39 is 5.60 Å². The molecular formula is C16H25N3O2. The molecule has 1 aromatic rings. The third-order valence-corrected chi connectivity index (χ3v) is 3.49. The molecule has 1 N–H and O–H groups in total. The van der Waals surface area contributed by atoms with E-state index in [2.05, 4.69) is 10.3 Å². The van der Waals surface area contributed by atoms with Crippen molar-refractivity contribution in [1.29, 1.82) is 0 Å². The van der Waals surface area contributed by atoms with Crippen LogP contribution in [0.2, 0.25) is 0 Å². The molecule has 1 aromatic heterocycles. The average Bonchev–Trinajstić information content (AvgIpc) is 2.45. The smallest absolute Gasteiger partial charge is 0.415 e. The molecule has 1 aliphatic rings. The van der Waals surface area contributed by atoms with Crippen LogP contribution in [0.1, 0.15) is 51.6 Å². The van der Waals surface area contributed by atoms with Gasteiger partial charge >= 0.3 is 6.09 Å². The zero-order valence-corrected chi connectivity index (χ0v) is 13.3. The number of nitrogens with one attached hydrogen (secondary N) is 1. The van der Waals surface area contributed by atoms with Gasteiger partial charge in [0, 0.05) is 24.8 Å². The first kappa shape index (κ1) is 15.8. The van der Waals surface area contributed by atoms with Crippen molar-refractivity contribution in [3.63, 3.8) is 0 Å². The Kier molecular flexibility index (Phi) is 4.83. The molecule has 1 fully saturated rings. The Morgan fingerprint density at radius 2 is 2.19 bits per heavy atom. The van der Waals surface area contributed by atoms with Crippen molar-refractivity contribution in [2.45, 2.75) is 51.7 Å². The summed E-state index contributed by atoms with van der Waals surface area (Å²) in [5.41, 5.74) is 0.550. The van der Waals surface area contributed by atoms with E-state index in [4.69, 9.17) is 4.74 Å². The fraction of sp³-hybridized carbons (Fsp3) is 0.625. The lowest BCUT2D eigenvalue weighted by Crippen LogP contribution is -2.36. The minimum Gasteiger partial charge on any atom is -0.443 e. The van der Waals surface area contributed by atoms with Gasteiger partial charge in [0.25, 0.3) is 0 Å². The maximum Gasteiger partial charge on any atom is 0.415 e. The molecule has 21 heavy (non-hydrogen) atoms. The van der Waals surface area contributed by atoms with E-state index >= 15 is 0 Å². The quantitative estimate of drug-likeness (QED) is 0.908. The summed E-state index contributed by atoms with van der Waals surface area (Å²) < 4.78 is 5.42. The van der Waals surface area contributed by atoms with Gasteiger partial charge < -0.3 is 10.1 Å². The van der Waals surface area contributed by atoms with Crippen molar-refractivity contribution in [3.05, 3.63) is 23.9 Å². The number of amides is 1. The number of aromatic nitrogens is 1. The predicted octanol–water partition coefficient (Wildman–Crippen LogP) is 3.27. The van der Waals surface area contributed by atoms with Crippen LogP contribution in [0.5, 0.6) is 0 Å². The summed E-state index contributed by atoms with van der Waals surface area (Å²) in [6.07, 6.45) is 4.80. The van der Waals surface area contributed by atoms with Crippen LogP contribution in [0.3, 0.4) is 0 Å². The Bertz CT molecular complexity index is 491. The molecule has 2 rings (SSSR count). The summed E-state index contributed by atoms with van der Waals surface area (Å²) in [4.78, 5) is 18.1. The molecule has 0 saturated carbocycles. The van der Waals surface area contributed by atoms with Crippen LogP contribution in [0.25, 0.3) is 0 Å². The molecule has 1 saturated heterocycles. The molecule has 0 aliphatic carbocycles. The highest BCUT2D eigenvalue weighted by Crippen LogP contribution is 2.29. The van der Waals surface area contributed by atoms with E-state index in [9.17, 15) is 4.79 Å². The highest BCUT2D eigenvalue weighted by molar-refractivity contribution is 5.87. The number of anilines is 1. The number of carbonyl (C=O) groups is 1. The molecule has 0 aromatic carbocycles. The minimum atomic E-state index is -0.511. The van der Waals surface area contributed by atoms with Crippen LogP contribution in [0.4, 0.5) is 10.6 Å². The predicted molar refractivity (Wildman–Crippen MR) is 83.5 cm³/mol. The summed E-state index contributed by atoms with van der Waals surface area (Å²) in [6, 6.07) is 4.21. The maximum absolute atomic E-state index is 12.2. The Labute approximate surface area is 126 Å². The first-order chi connectivity index (χ1) is 9.88. The number of piperidine rings is 1. The van der Waals surface area contributed by atoms with Gasteiger partial charge in [0.15, 0.2) is 0 Å². The molecule has 116 valence electrons. The number of rotatable bonds is 2. The fourth-order valence-electron chi connectivity index (χ4n) is 2.50. The summed E-state index contributed by atoms with van der Waals surface area (Å²) in [5, 5.41) is 3.50. The highest BCUT2D eigenvalue weighted by Gasteiger charge is 2.26. The number of hydrogen-bond acceptors (Lipinski definition) is 4. The number of ether oxygens (including phenoxy) is 1. The van der Waals surface area contributed by atoms with Gasteiger partial charge in [-0.05, 0) is 46.2 Å². The number of hydrogen-bond donors (Lipinski definition) is 1. The Morgan fingerprint density at radius 1 is 1.43 bits per heavy atom. The molecule has 1 unspecified atom stereocenters. The lowest BCUT2D eigenvalue weighted by atomic mass is 9.98. The van der Waals surface area contributed by atoms with Crippen molar-refractivity contribution in [3.8, 4) is 0 Å². The third kappa shape index (κ3) is 4.17. The number of nitrogens with zero attached hydrogens (tertiary/aromatic N) is 2. The van der Waals surface area contributed by atoms with Gasteiger partial charge in [-0.25, -0.2) is 9.78 Å². The monoisotopic (exact) mass is 291 g/mol. The Morgan fingerprint density at radius 3 is 2.81 bits per heavy atom. The molecule has 1 atom stereocenters. The highest BCUT2D eigenvalue weighted by atomic mass is 16.6. The van der Waals surface area contributed by atoms with Crippen LogP contribution in [0, 0.1) is 0 Å². The van der Waals surface area contributed by atoms with Crippen LogP contribution >= 0.6 is 0 Å². The summed E-state index contributed by atoms with van der Waals surface area (Å²) in [7, 11) is 1.71. The van der Waals surface area contributed by atoms with E-state index in [0.29, 0.717) is 5.82 Å². The van der Waals surface area contributed by atoms with Crippen LogP contribution in [0.15, 0.2) is 18.3 Å². The van der Waals surface area contributed by atoms with E-state index in [1.54, 1.807) is 13.2 Å². The van der Waals surface area contributed by atoms with E-state index in [-0.39, 0.29) is 12.1 Å². The van der Waals surface area contributed by atoms with Crippen LogP contribution < -0.4 is 10.2 Å². The maximum atomic E-state index is 12.2. The summed E-state index contributed by atoms with van der Waals surface area (Å²) in [5.74, 6) is 0.672. The molecule has 1 aliphatic heterocycles. The minimum absolute atomic E-state index is 0.257. The first-order valence-electron chi connectivity index (χ1n) is 7.53. The standard InChI is InChI=1S/C16H25N3O2/c1-16(2,3)21-15(20)19(4)14-12(8-7-11-18-14)13-9-5-6-10-17-13/h7-8,11,13,17H,5-6,9-10H2,1-4H3. The van der Waals surface area contributed by atoms with Crippen molar-refractivity contribution in [2.75, 3.05) is 18.5 Å². The summed E-state index contributed by atoms with van der Waals surface area (Å²) in [6.45, 7) is 6.59. The first-order valence-corrected chi connectivity index (χ1v) is 7.53. The molecule has 5 heteroatoms. The van der Waals surface area contributed by atoms with E-state index in [1.807, 2.05) is 32.9 Å². The second-order valence-corrected chi connectivity index (χ2v) is 6.46. The van der Waals surface area contributed by atoms with Crippen molar-refractivity contribution in [2.24, 2.45) is 0 Å². The second kappa shape index (κ2) is 6.43. The van der Waals surface area contributed by atoms with Crippen molar-refractivity contribution < 1.29 is 9.53 Å². The lowest BCUT2D eigenvalue weighted by molar-refractivity contribution is 0.0588. The molecule has 0 bridgehead atoms. The molecule has 0 spiro atoms. The second-order valence-electron chi connectivity index (χ2n) is 6.46. The van der Waals surface area contributed by atoms with Gasteiger partial charge in [0.2, 0.25) is 0 Å². The molecule has 5 nitrogen and oxygen atoms in total. The average molecular weight is 291 g/mol. The zero-order valence-electron chi connectivity index (χ0n) is 13.3. The summed E-state index contributed by atoms with van der Waals surface area (Å²) >= 11 is 0. The van der Waals surface area contributed by atoms with Gasteiger partial charge in [-0.15, -0.1) is 0 Å². The van der Waals surface area contributed by atoms with Gasteiger partial charge in [0.05, 0.1) is 0 Å². The van der Waals surface area contributed by atoms with Gasteiger partial charge in [-0.2, -0.15) is 0 Å². The van der Waals surface area contributed by atoms with Gasteiger partial charge in [-0.3, -0.25) is 4.90 Å². The molecule has 0 radical (unpaired) electrons. The molecular weight excluding hydrogens is 266 g/mol. The lowest BCUT2D eigenvalue weighted by Gasteiger charge is -2.29. The Hall–Kier alpha value is -1.62. The topological polar surface area (TPSA) is 54.5 Å². The van der Waals surface area contributed by atoms with Crippen LogP contribution in [-0.2, 0) is 4.74 Å². The Balaban J connectivity index is 2.20. The normalized spacial score (nSPS) is 19.1. The van der Waals surface area contributed by atoms with Gasteiger partial charge in [0.1, 0.15) is 11.4 Å². The molecule has 2 heterocycles. The number of pyridine rings is 1. The fourth-order valence-corrected chi connectivity index (χ4v) is 2.50. The van der Waals surface area contributed by atoms with E-state index in [0.717, 1.165) is 18.5 Å². The van der Waals surface area contributed by atoms with Crippen molar-refractivity contribution >= 4 is 11.9 Å². The molecule has 1 amide bonds. The van der Waals surface area contributed by atoms with Crippen LogP contribution in [-0.4, -0.2) is 30.3 Å². The largest absolute Gasteiger partial charge is 0.443 e.